The van der Waals surface area contributed by atoms with E-state index in [1.165, 1.54) is 12.1 Å². The number of carbonyl (C=O) groups excluding carboxylic acids is 1. The highest BCUT2D eigenvalue weighted by Gasteiger charge is 2.24. The normalized spacial score (nSPS) is 13.6. The van der Waals surface area contributed by atoms with Crippen molar-refractivity contribution in [3.8, 4) is 0 Å². The molecule has 0 bridgehead atoms. The zero-order chi connectivity index (χ0) is 20.4. The van der Waals surface area contributed by atoms with Gasteiger partial charge in [-0.25, -0.2) is 8.42 Å². The zero-order valence-electron chi connectivity index (χ0n) is 15.5. The van der Waals surface area contributed by atoms with Crippen LogP contribution in [0.15, 0.2) is 82.2 Å². The summed E-state index contributed by atoms with van der Waals surface area (Å²) in [7, 11) is -3.81. The third-order valence-electron chi connectivity index (χ3n) is 4.84. The van der Waals surface area contributed by atoms with Crippen LogP contribution in [0, 0.1) is 0 Å². The van der Waals surface area contributed by atoms with Gasteiger partial charge < -0.3 is 4.90 Å². The maximum atomic E-state index is 13.1. The van der Waals surface area contributed by atoms with Gasteiger partial charge in [-0.15, -0.1) is 0 Å². The molecule has 0 fully saturated rings. The minimum absolute atomic E-state index is 0.0524. The molecule has 7 heteroatoms. The van der Waals surface area contributed by atoms with Gasteiger partial charge in [-0.1, -0.05) is 40.2 Å². The quantitative estimate of drug-likeness (QED) is 0.592. The smallest absolute Gasteiger partial charge is 0.261 e. The molecule has 29 heavy (non-hydrogen) atoms. The van der Waals surface area contributed by atoms with Crippen LogP contribution in [-0.2, 0) is 16.4 Å². The fourth-order valence-corrected chi connectivity index (χ4v) is 4.80. The molecule has 0 radical (unpaired) electrons. The number of amides is 1. The van der Waals surface area contributed by atoms with Gasteiger partial charge in [-0.3, -0.25) is 9.52 Å². The highest BCUT2D eigenvalue weighted by molar-refractivity contribution is 9.10. The van der Waals surface area contributed by atoms with Crippen LogP contribution in [0.3, 0.4) is 0 Å². The summed E-state index contributed by atoms with van der Waals surface area (Å²) < 4.78 is 29.0. The first-order chi connectivity index (χ1) is 13.9. The third-order valence-corrected chi connectivity index (χ3v) is 6.75. The van der Waals surface area contributed by atoms with Gasteiger partial charge in [0.2, 0.25) is 0 Å². The molecular formula is C22H19BrN2O3S. The number of anilines is 2. The van der Waals surface area contributed by atoms with E-state index in [9.17, 15) is 13.2 Å². The Labute approximate surface area is 178 Å². The van der Waals surface area contributed by atoms with Crippen molar-refractivity contribution < 1.29 is 13.2 Å². The molecule has 1 N–H and O–H groups in total. The Balaban J connectivity index is 1.62. The maximum absolute atomic E-state index is 13.1. The van der Waals surface area contributed by atoms with E-state index >= 15 is 0 Å². The van der Waals surface area contributed by atoms with Gasteiger partial charge in [0.05, 0.1) is 4.90 Å². The SMILES string of the molecule is O=C(c1cccc(S(=O)(=O)Nc2ccc(Br)cc2)c1)N1CCCc2ccccc21. The number of fused-ring (bicyclic) bond motifs is 1. The van der Waals surface area contributed by atoms with Gasteiger partial charge in [-0.05, 0) is 66.9 Å². The van der Waals surface area contributed by atoms with Crippen molar-refractivity contribution in [2.75, 3.05) is 16.2 Å². The van der Waals surface area contributed by atoms with E-state index in [1.54, 1.807) is 41.3 Å². The van der Waals surface area contributed by atoms with Gasteiger partial charge >= 0.3 is 0 Å². The summed E-state index contributed by atoms with van der Waals surface area (Å²) in [5.74, 6) is -0.196. The Morgan fingerprint density at radius 2 is 1.72 bits per heavy atom. The Morgan fingerprint density at radius 3 is 2.52 bits per heavy atom. The molecular weight excluding hydrogens is 452 g/mol. The summed E-state index contributed by atoms with van der Waals surface area (Å²) >= 11 is 3.33. The van der Waals surface area contributed by atoms with Crippen LogP contribution in [0.2, 0.25) is 0 Å². The number of halogens is 1. The fourth-order valence-electron chi connectivity index (χ4n) is 3.43. The Hall–Kier alpha value is -2.64. The highest BCUT2D eigenvalue weighted by atomic mass is 79.9. The minimum Gasteiger partial charge on any atom is -0.308 e. The van der Waals surface area contributed by atoms with E-state index in [-0.39, 0.29) is 10.8 Å². The lowest BCUT2D eigenvalue weighted by Gasteiger charge is -2.29. The van der Waals surface area contributed by atoms with E-state index in [0.29, 0.717) is 17.8 Å². The van der Waals surface area contributed by atoms with E-state index in [0.717, 1.165) is 28.6 Å². The largest absolute Gasteiger partial charge is 0.308 e. The number of hydrogen-bond acceptors (Lipinski definition) is 3. The summed E-state index contributed by atoms with van der Waals surface area (Å²) in [6.07, 6.45) is 1.82. The Kier molecular flexibility index (Phi) is 5.43. The minimum atomic E-state index is -3.81. The van der Waals surface area contributed by atoms with E-state index < -0.39 is 10.0 Å². The summed E-state index contributed by atoms with van der Waals surface area (Å²) in [5, 5.41) is 0. The first-order valence-electron chi connectivity index (χ1n) is 9.22. The number of rotatable bonds is 4. The number of benzene rings is 3. The molecule has 148 valence electrons. The lowest BCUT2D eigenvalue weighted by molar-refractivity contribution is 0.0985. The van der Waals surface area contributed by atoms with E-state index in [2.05, 4.69) is 20.7 Å². The third kappa shape index (κ3) is 4.21. The van der Waals surface area contributed by atoms with Crippen LogP contribution in [-0.4, -0.2) is 20.9 Å². The van der Waals surface area contributed by atoms with Gasteiger partial charge in [0.25, 0.3) is 15.9 Å². The molecule has 0 saturated carbocycles. The van der Waals surface area contributed by atoms with Crippen molar-refractivity contribution in [1.29, 1.82) is 0 Å². The average Bonchev–Trinajstić information content (AvgIpc) is 2.74. The number of para-hydroxylation sites is 1. The summed E-state index contributed by atoms with van der Waals surface area (Å²) in [5.41, 5.74) is 2.83. The van der Waals surface area contributed by atoms with Crippen molar-refractivity contribution in [3.05, 3.63) is 88.4 Å². The van der Waals surface area contributed by atoms with Crippen LogP contribution in [0.1, 0.15) is 22.3 Å². The van der Waals surface area contributed by atoms with Crippen molar-refractivity contribution in [3.63, 3.8) is 0 Å². The van der Waals surface area contributed by atoms with E-state index in [1.807, 2.05) is 24.3 Å². The molecule has 0 spiro atoms. The molecule has 0 unspecified atom stereocenters. The second-order valence-electron chi connectivity index (χ2n) is 6.83. The molecule has 1 aliphatic rings. The van der Waals surface area contributed by atoms with Gasteiger partial charge in [-0.2, -0.15) is 0 Å². The zero-order valence-corrected chi connectivity index (χ0v) is 17.9. The molecule has 0 atom stereocenters. The molecule has 1 aliphatic heterocycles. The lowest BCUT2D eigenvalue weighted by atomic mass is 10.0. The molecule has 5 nitrogen and oxygen atoms in total. The maximum Gasteiger partial charge on any atom is 0.261 e. The Morgan fingerprint density at radius 1 is 0.966 bits per heavy atom. The first-order valence-corrected chi connectivity index (χ1v) is 11.5. The molecule has 3 aromatic rings. The van der Waals surface area contributed by atoms with Crippen LogP contribution < -0.4 is 9.62 Å². The Bertz CT molecular complexity index is 1160. The van der Waals surface area contributed by atoms with Crippen molar-refractivity contribution in [2.24, 2.45) is 0 Å². The highest BCUT2D eigenvalue weighted by Crippen LogP contribution is 2.28. The molecule has 0 aliphatic carbocycles. The second kappa shape index (κ2) is 8.00. The topological polar surface area (TPSA) is 66.5 Å². The van der Waals surface area contributed by atoms with Crippen molar-refractivity contribution in [2.45, 2.75) is 17.7 Å². The summed E-state index contributed by atoms with van der Waals surface area (Å²) in [6, 6.07) is 20.8. The molecule has 0 aromatic heterocycles. The molecule has 1 heterocycles. The number of aryl methyl sites for hydroxylation is 1. The second-order valence-corrected chi connectivity index (χ2v) is 9.43. The predicted molar refractivity (Wildman–Crippen MR) is 118 cm³/mol. The van der Waals surface area contributed by atoms with Crippen molar-refractivity contribution >= 4 is 43.2 Å². The van der Waals surface area contributed by atoms with Crippen LogP contribution in [0.4, 0.5) is 11.4 Å². The lowest BCUT2D eigenvalue weighted by Crippen LogP contribution is -2.35. The summed E-state index contributed by atoms with van der Waals surface area (Å²) in [6.45, 7) is 0.615. The number of hydrogen-bond donors (Lipinski definition) is 1. The number of nitrogens with zero attached hydrogens (tertiary/aromatic N) is 1. The standard InChI is InChI=1S/C22H19BrN2O3S/c23-18-10-12-19(13-11-18)24-29(27,28)20-8-3-6-17(15-20)22(26)25-14-4-7-16-5-1-2-9-21(16)25/h1-3,5-6,8-13,15,24H,4,7,14H2. The fraction of sp³-hybridized carbons (Fsp3) is 0.136. The average molecular weight is 471 g/mol. The van der Waals surface area contributed by atoms with Gasteiger partial charge in [0.15, 0.2) is 0 Å². The number of carbonyl (C=O) groups is 1. The van der Waals surface area contributed by atoms with Crippen LogP contribution >= 0.6 is 15.9 Å². The van der Waals surface area contributed by atoms with Gasteiger partial charge in [0, 0.05) is 28.0 Å². The van der Waals surface area contributed by atoms with Crippen molar-refractivity contribution in [1.82, 2.24) is 0 Å². The van der Waals surface area contributed by atoms with E-state index in [4.69, 9.17) is 0 Å². The molecule has 1 amide bonds. The van der Waals surface area contributed by atoms with Crippen LogP contribution in [0.5, 0.6) is 0 Å². The number of sulfonamides is 1. The van der Waals surface area contributed by atoms with Gasteiger partial charge in [0.1, 0.15) is 0 Å². The first kappa shape index (κ1) is 19.7. The molecule has 4 rings (SSSR count). The molecule has 0 saturated heterocycles. The van der Waals surface area contributed by atoms with Crippen LogP contribution in [0.25, 0.3) is 0 Å². The number of nitrogens with one attached hydrogen (secondary N) is 1. The molecule has 3 aromatic carbocycles. The summed E-state index contributed by atoms with van der Waals surface area (Å²) in [4.78, 5) is 14.9. The monoisotopic (exact) mass is 470 g/mol. The predicted octanol–water partition coefficient (Wildman–Crippen LogP) is 4.84.